The summed E-state index contributed by atoms with van der Waals surface area (Å²) >= 11 is 0. The highest BCUT2D eigenvalue weighted by Crippen LogP contribution is 2.22. The zero-order chi connectivity index (χ0) is 16.1. The zero-order valence-electron chi connectivity index (χ0n) is 12.5. The summed E-state index contributed by atoms with van der Waals surface area (Å²) in [7, 11) is 0. The minimum atomic E-state index is 0.421. The third-order valence-electron chi connectivity index (χ3n) is 3.29. The molecule has 0 amide bonds. The molecule has 0 bridgehead atoms. The van der Waals surface area contributed by atoms with Crippen LogP contribution in [0.4, 0.5) is 0 Å². The third kappa shape index (κ3) is 3.22. The van der Waals surface area contributed by atoms with E-state index in [4.69, 9.17) is 4.74 Å². The van der Waals surface area contributed by atoms with Crippen molar-refractivity contribution in [3.63, 3.8) is 0 Å². The average Bonchev–Trinajstić information content (AvgIpc) is 3.10. The van der Waals surface area contributed by atoms with Gasteiger partial charge in [-0.2, -0.15) is 20.6 Å². The van der Waals surface area contributed by atoms with Gasteiger partial charge in [0.1, 0.15) is 0 Å². The fourth-order valence-corrected chi connectivity index (χ4v) is 2.11. The van der Waals surface area contributed by atoms with Crippen LogP contribution in [0.2, 0.25) is 0 Å². The predicted molar refractivity (Wildman–Crippen MR) is 82.9 cm³/mol. The summed E-state index contributed by atoms with van der Waals surface area (Å²) in [4.78, 5) is 4.44. The molecule has 0 spiro atoms. The molecule has 0 aliphatic heterocycles. The van der Waals surface area contributed by atoms with Crippen LogP contribution in [0.5, 0.6) is 0 Å². The smallest absolute Gasteiger partial charge is 0.183 e. The maximum absolute atomic E-state index is 9.31. The molecule has 0 fully saturated rings. The second-order valence-electron chi connectivity index (χ2n) is 4.76. The van der Waals surface area contributed by atoms with E-state index in [1.165, 1.54) is 0 Å². The van der Waals surface area contributed by atoms with E-state index >= 15 is 0 Å². The van der Waals surface area contributed by atoms with Gasteiger partial charge in [-0.05, 0) is 24.6 Å². The average molecular weight is 306 g/mol. The second kappa shape index (κ2) is 6.77. The molecule has 2 heterocycles. The van der Waals surface area contributed by atoms with Crippen molar-refractivity contribution in [3.05, 3.63) is 47.8 Å². The number of rotatable bonds is 5. The molecule has 0 aliphatic carbocycles. The minimum absolute atomic E-state index is 0.421. The molecule has 0 atom stereocenters. The Balaban J connectivity index is 1.91. The lowest BCUT2D eigenvalue weighted by Gasteiger charge is -2.05. The highest BCUT2D eigenvalue weighted by molar-refractivity contribution is 5.62. The second-order valence-corrected chi connectivity index (χ2v) is 4.76. The molecule has 1 N–H and O–H groups in total. The summed E-state index contributed by atoms with van der Waals surface area (Å²) in [6.45, 7) is 2.95. The molecule has 0 saturated carbocycles. The van der Waals surface area contributed by atoms with Crippen molar-refractivity contribution < 1.29 is 4.74 Å². The molecule has 7 heteroatoms. The standard InChI is InChI=1S/C16H14N6O/c1-2-23-10-13-4-3-11(7-14(13)8-17)15-20-16(22-21-15)12-5-6-18-19-9-12/h3-7,9H,2,10H2,1H3,(H,20,21,22). The molecular weight excluding hydrogens is 292 g/mol. The molecule has 7 nitrogen and oxygen atoms in total. The maximum Gasteiger partial charge on any atom is 0.183 e. The van der Waals surface area contributed by atoms with Gasteiger partial charge in [0.05, 0.1) is 30.6 Å². The first-order valence-corrected chi connectivity index (χ1v) is 7.12. The molecule has 3 aromatic rings. The van der Waals surface area contributed by atoms with E-state index in [-0.39, 0.29) is 0 Å². The lowest BCUT2D eigenvalue weighted by molar-refractivity contribution is 0.134. The molecule has 1 aromatic carbocycles. The Bertz CT molecular complexity index is 837. The number of nitriles is 1. The molecule has 0 radical (unpaired) electrons. The molecular formula is C16H14N6O. The highest BCUT2D eigenvalue weighted by atomic mass is 16.5. The van der Waals surface area contributed by atoms with Crippen LogP contribution in [-0.2, 0) is 11.3 Å². The number of aromatic nitrogens is 5. The fraction of sp³-hybridized carbons (Fsp3) is 0.188. The van der Waals surface area contributed by atoms with Crippen molar-refractivity contribution in [2.45, 2.75) is 13.5 Å². The minimum Gasteiger partial charge on any atom is -0.377 e. The molecule has 114 valence electrons. The Morgan fingerprint density at radius 1 is 1.22 bits per heavy atom. The molecule has 0 saturated heterocycles. The van der Waals surface area contributed by atoms with Crippen molar-refractivity contribution in [3.8, 4) is 28.8 Å². The zero-order valence-corrected chi connectivity index (χ0v) is 12.5. The topological polar surface area (TPSA) is 100 Å². The summed E-state index contributed by atoms with van der Waals surface area (Å²) in [5.74, 6) is 1.13. The highest BCUT2D eigenvalue weighted by Gasteiger charge is 2.10. The van der Waals surface area contributed by atoms with Crippen LogP contribution in [0.1, 0.15) is 18.1 Å². The lowest BCUT2D eigenvalue weighted by Crippen LogP contribution is -1.96. The summed E-state index contributed by atoms with van der Waals surface area (Å²) in [5, 5.41) is 23.9. The summed E-state index contributed by atoms with van der Waals surface area (Å²) < 4.78 is 5.37. The van der Waals surface area contributed by atoms with Gasteiger partial charge in [0.2, 0.25) is 0 Å². The van der Waals surface area contributed by atoms with Crippen molar-refractivity contribution in [1.82, 2.24) is 25.4 Å². The predicted octanol–water partition coefficient (Wildman–Crippen LogP) is 2.34. The van der Waals surface area contributed by atoms with Gasteiger partial charge in [0.25, 0.3) is 0 Å². The van der Waals surface area contributed by atoms with Crippen LogP contribution in [-0.4, -0.2) is 32.0 Å². The Kier molecular flexibility index (Phi) is 4.36. The lowest BCUT2D eigenvalue weighted by atomic mass is 10.0. The van der Waals surface area contributed by atoms with E-state index in [2.05, 4.69) is 31.4 Å². The molecule has 0 aliphatic rings. The van der Waals surface area contributed by atoms with E-state index in [9.17, 15) is 5.26 Å². The van der Waals surface area contributed by atoms with Gasteiger partial charge in [-0.25, -0.2) is 4.98 Å². The van der Waals surface area contributed by atoms with E-state index < -0.39 is 0 Å². The Hall–Kier alpha value is -3.11. The van der Waals surface area contributed by atoms with E-state index in [1.807, 2.05) is 19.1 Å². The van der Waals surface area contributed by atoms with Crippen molar-refractivity contribution in [2.75, 3.05) is 6.61 Å². The van der Waals surface area contributed by atoms with Crippen LogP contribution in [0.25, 0.3) is 22.8 Å². The summed E-state index contributed by atoms with van der Waals surface area (Å²) in [6.07, 6.45) is 3.18. The van der Waals surface area contributed by atoms with E-state index in [0.717, 1.165) is 16.7 Å². The monoisotopic (exact) mass is 306 g/mol. The van der Waals surface area contributed by atoms with E-state index in [1.54, 1.807) is 24.5 Å². The van der Waals surface area contributed by atoms with Crippen LogP contribution in [0.3, 0.4) is 0 Å². The Labute approximate surface area is 133 Å². The summed E-state index contributed by atoms with van der Waals surface area (Å²) in [5.41, 5.74) is 2.99. The fourth-order valence-electron chi connectivity index (χ4n) is 2.11. The molecule has 0 unspecified atom stereocenters. The van der Waals surface area contributed by atoms with Gasteiger partial charge in [-0.15, -0.1) is 0 Å². The number of hydrogen-bond acceptors (Lipinski definition) is 6. The van der Waals surface area contributed by atoms with Crippen LogP contribution < -0.4 is 0 Å². The van der Waals surface area contributed by atoms with Gasteiger partial charge in [-0.3, -0.25) is 5.10 Å². The quantitative estimate of drug-likeness (QED) is 0.776. The van der Waals surface area contributed by atoms with Gasteiger partial charge >= 0.3 is 0 Å². The number of hydrogen-bond donors (Lipinski definition) is 1. The third-order valence-corrected chi connectivity index (χ3v) is 3.29. The number of benzene rings is 1. The largest absolute Gasteiger partial charge is 0.377 e. The Morgan fingerprint density at radius 2 is 2.13 bits per heavy atom. The van der Waals surface area contributed by atoms with E-state index in [0.29, 0.717) is 30.4 Å². The van der Waals surface area contributed by atoms with Crippen molar-refractivity contribution in [2.24, 2.45) is 0 Å². The number of nitrogens with zero attached hydrogens (tertiary/aromatic N) is 5. The SMILES string of the molecule is CCOCc1ccc(-c2nc(-c3ccnnc3)n[nH]2)cc1C#N. The van der Waals surface area contributed by atoms with Gasteiger partial charge in [-0.1, -0.05) is 12.1 Å². The number of ether oxygens (including phenoxy) is 1. The first kappa shape index (κ1) is 14.8. The number of aromatic amines is 1. The first-order chi connectivity index (χ1) is 11.3. The first-order valence-electron chi connectivity index (χ1n) is 7.12. The number of H-pyrrole nitrogens is 1. The summed E-state index contributed by atoms with van der Waals surface area (Å²) in [6, 6.07) is 9.53. The van der Waals surface area contributed by atoms with Crippen LogP contribution >= 0.6 is 0 Å². The van der Waals surface area contributed by atoms with Gasteiger partial charge in [0.15, 0.2) is 11.6 Å². The molecule has 23 heavy (non-hydrogen) atoms. The number of nitrogens with one attached hydrogen (secondary N) is 1. The molecule has 2 aromatic heterocycles. The maximum atomic E-state index is 9.31. The van der Waals surface area contributed by atoms with Gasteiger partial charge < -0.3 is 4.74 Å². The normalized spacial score (nSPS) is 10.4. The molecule has 3 rings (SSSR count). The van der Waals surface area contributed by atoms with Crippen LogP contribution in [0.15, 0.2) is 36.7 Å². The van der Waals surface area contributed by atoms with Gasteiger partial charge in [0, 0.05) is 17.7 Å². The Morgan fingerprint density at radius 3 is 2.87 bits per heavy atom. The van der Waals surface area contributed by atoms with Crippen LogP contribution in [0, 0.1) is 11.3 Å². The van der Waals surface area contributed by atoms with Crippen molar-refractivity contribution in [1.29, 1.82) is 5.26 Å². The van der Waals surface area contributed by atoms with Crippen molar-refractivity contribution >= 4 is 0 Å².